The van der Waals surface area contributed by atoms with Gasteiger partial charge >= 0.3 is 0 Å². The number of nitrogens with one attached hydrogen (secondary N) is 2. The Labute approximate surface area is 296 Å². The standard InChI is InChI=1S/C31H24N2O5.C2H6.2Y/c1-19-11-24(5-9-28(19)32-30(37)16-21-3-7-27(36)8-4-21)25-6-10-29(20(2)12-25)33-31(38)26-14-22(17-34)13-23(15-26)18-35;1-2;;/h3-15,36H,16H2,1-2H3,(H,32,37)(H,33,38);1-2H3;;/q-2;;;. The van der Waals surface area contributed by atoms with E-state index >= 15 is 0 Å². The van der Waals surface area contributed by atoms with Gasteiger partial charge in [-0.1, -0.05) is 43.7 Å². The Morgan fingerprint density at radius 3 is 1.62 bits per heavy atom. The Morgan fingerprint density at radius 2 is 1.17 bits per heavy atom. The molecule has 4 aromatic carbocycles. The summed E-state index contributed by atoms with van der Waals surface area (Å²) in [6, 6.07) is 21.9. The summed E-state index contributed by atoms with van der Waals surface area (Å²) in [5.74, 6) is -0.462. The molecule has 3 N–H and O–H groups in total. The number of carbonyl (C=O) groups excluding carboxylic acids is 4. The number of aryl methyl sites for hydroxylation is 2. The first-order chi connectivity index (χ1) is 19.2. The van der Waals surface area contributed by atoms with Gasteiger partial charge in [0.1, 0.15) is 5.75 Å². The maximum Gasteiger partial charge on any atom is 0.231 e. The molecule has 4 aromatic rings. The fourth-order valence-electron chi connectivity index (χ4n) is 4.03. The van der Waals surface area contributed by atoms with Gasteiger partial charge in [-0.25, -0.2) is 0 Å². The van der Waals surface area contributed by atoms with Gasteiger partial charge in [-0.2, -0.15) is 29.3 Å². The van der Waals surface area contributed by atoms with Crippen LogP contribution in [0.5, 0.6) is 5.75 Å². The first kappa shape index (κ1) is 37.2. The second-order valence-corrected chi connectivity index (χ2v) is 8.91. The number of hydrogen-bond acceptors (Lipinski definition) is 5. The van der Waals surface area contributed by atoms with Gasteiger partial charge in [0.25, 0.3) is 0 Å². The van der Waals surface area contributed by atoms with Crippen LogP contribution >= 0.6 is 0 Å². The molecule has 7 nitrogen and oxygen atoms in total. The fourth-order valence-corrected chi connectivity index (χ4v) is 4.03. The molecule has 2 radical (unpaired) electrons. The number of anilines is 2. The molecule has 9 heteroatoms. The van der Waals surface area contributed by atoms with E-state index in [1.54, 1.807) is 42.9 Å². The molecule has 2 amide bonds. The van der Waals surface area contributed by atoms with Crippen molar-refractivity contribution in [1.82, 2.24) is 0 Å². The third-order valence-electron chi connectivity index (χ3n) is 6.04. The van der Waals surface area contributed by atoms with Gasteiger partial charge in [-0.15, -0.1) is 0 Å². The van der Waals surface area contributed by atoms with Gasteiger partial charge in [0.05, 0.1) is 19.0 Å². The Morgan fingerprint density at radius 1 is 0.690 bits per heavy atom. The van der Waals surface area contributed by atoms with Crippen LogP contribution in [0, 0.1) is 13.8 Å². The van der Waals surface area contributed by atoms with Gasteiger partial charge in [-0.3, -0.25) is 9.59 Å². The molecule has 0 saturated carbocycles. The number of benzene rings is 4. The monoisotopic (exact) mass is 712 g/mol. The van der Waals surface area contributed by atoms with Crippen LogP contribution in [0.15, 0.2) is 78.9 Å². The Balaban J connectivity index is 0.00000216. The van der Waals surface area contributed by atoms with Crippen molar-refractivity contribution in [3.63, 3.8) is 0 Å². The Bertz CT molecular complexity index is 1530. The van der Waals surface area contributed by atoms with E-state index in [4.69, 9.17) is 0 Å². The molecule has 210 valence electrons. The van der Waals surface area contributed by atoms with Crippen molar-refractivity contribution in [2.24, 2.45) is 0 Å². The summed E-state index contributed by atoms with van der Waals surface area (Å²) >= 11 is 0. The molecule has 0 heterocycles. The van der Waals surface area contributed by atoms with E-state index in [0.717, 1.165) is 27.8 Å². The average molecular weight is 712 g/mol. The van der Waals surface area contributed by atoms with Crippen LogP contribution < -0.4 is 10.6 Å². The van der Waals surface area contributed by atoms with Gasteiger partial charge in [-0.05, 0) is 78.1 Å². The normalized spacial score (nSPS) is 9.62. The topological polar surface area (TPSA) is 113 Å². The third-order valence-corrected chi connectivity index (χ3v) is 6.04. The van der Waals surface area contributed by atoms with Gasteiger partial charge < -0.3 is 25.3 Å². The first-order valence-corrected chi connectivity index (χ1v) is 12.8. The summed E-state index contributed by atoms with van der Waals surface area (Å²) < 4.78 is 0. The zero-order valence-electron chi connectivity index (χ0n) is 23.9. The zero-order chi connectivity index (χ0) is 29.2. The quantitative estimate of drug-likeness (QED) is 0.193. The molecule has 4 rings (SSSR count). The van der Waals surface area contributed by atoms with Crippen LogP contribution in [0.3, 0.4) is 0 Å². The average Bonchev–Trinajstić information content (AvgIpc) is 2.97. The maximum absolute atomic E-state index is 12.7. The van der Waals surface area contributed by atoms with E-state index in [1.165, 1.54) is 18.2 Å². The number of aromatic hydroxyl groups is 1. The number of hydrogen-bond donors (Lipinski definition) is 3. The zero-order valence-corrected chi connectivity index (χ0v) is 29.6. The molecular formula is C33H30N2O5Y2-2. The van der Waals surface area contributed by atoms with Crippen molar-refractivity contribution >= 4 is 35.8 Å². The van der Waals surface area contributed by atoms with Crippen LogP contribution in [0.4, 0.5) is 11.4 Å². The van der Waals surface area contributed by atoms with Crippen LogP contribution in [-0.4, -0.2) is 29.5 Å². The van der Waals surface area contributed by atoms with E-state index < -0.39 is 5.91 Å². The van der Waals surface area contributed by atoms with Crippen LogP contribution in [0.1, 0.15) is 52.0 Å². The minimum absolute atomic E-state index is 0. The molecule has 0 atom stereocenters. The number of carbonyl (C=O) groups is 2. The van der Waals surface area contributed by atoms with Crippen molar-refractivity contribution in [3.05, 3.63) is 112 Å². The summed E-state index contributed by atoms with van der Waals surface area (Å²) in [7, 11) is 0. The summed E-state index contributed by atoms with van der Waals surface area (Å²) in [6.07, 6.45) is 3.57. The van der Waals surface area contributed by atoms with E-state index in [-0.39, 0.29) is 100 Å². The Kier molecular flexibility index (Phi) is 15.9. The predicted molar refractivity (Wildman–Crippen MR) is 157 cm³/mol. The second-order valence-electron chi connectivity index (χ2n) is 8.91. The molecule has 0 aliphatic rings. The summed E-state index contributed by atoms with van der Waals surface area (Å²) in [6.45, 7) is 7.78. The molecule has 0 saturated heterocycles. The minimum Gasteiger partial charge on any atom is -0.508 e. The molecule has 0 unspecified atom stereocenters. The molecule has 0 bridgehead atoms. The summed E-state index contributed by atoms with van der Waals surface area (Å²) in [5, 5.41) is 15.1. The summed E-state index contributed by atoms with van der Waals surface area (Å²) in [4.78, 5) is 47.2. The summed E-state index contributed by atoms with van der Waals surface area (Å²) in [5.41, 5.74) is 6.04. The van der Waals surface area contributed by atoms with Crippen LogP contribution in [0.2, 0.25) is 0 Å². The SMILES string of the molecule is CC.Cc1cc(-c2ccc(NC(=O)c3cc([C-]=O)cc([C-]=O)c3)c(C)c2)ccc1NC(=O)Cc1ccc(O)cc1.[Y].[Y]. The van der Waals surface area contributed by atoms with E-state index in [0.29, 0.717) is 11.4 Å². The van der Waals surface area contributed by atoms with Crippen molar-refractivity contribution in [1.29, 1.82) is 0 Å². The number of phenolic OH excluding ortho intramolecular Hbond substituents is 1. The molecule has 0 spiro atoms. The second kappa shape index (κ2) is 18.0. The number of phenols is 1. The van der Waals surface area contributed by atoms with E-state index in [2.05, 4.69) is 10.6 Å². The number of amides is 2. The number of rotatable bonds is 8. The maximum atomic E-state index is 12.7. The smallest absolute Gasteiger partial charge is 0.231 e. The van der Waals surface area contributed by atoms with Crippen molar-refractivity contribution in [2.45, 2.75) is 34.1 Å². The van der Waals surface area contributed by atoms with Crippen molar-refractivity contribution in [2.75, 3.05) is 10.6 Å². The molecule has 42 heavy (non-hydrogen) atoms. The van der Waals surface area contributed by atoms with Gasteiger partial charge in [0.2, 0.25) is 11.8 Å². The minimum atomic E-state index is -0.460. The van der Waals surface area contributed by atoms with E-state index in [1.807, 2.05) is 58.0 Å². The van der Waals surface area contributed by atoms with E-state index in [9.17, 15) is 24.3 Å². The Hall–Kier alpha value is -2.83. The predicted octanol–water partition coefficient (Wildman–Crippen LogP) is 6.05. The first-order valence-electron chi connectivity index (χ1n) is 12.8. The molecule has 0 fully saturated rings. The van der Waals surface area contributed by atoms with Crippen molar-refractivity contribution < 1.29 is 89.7 Å². The van der Waals surface area contributed by atoms with Gasteiger partial charge in [0.15, 0.2) is 0 Å². The molecular weight excluding hydrogens is 682 g/mol. The van der Waals surface area contributed by atoms with Crippen LogP contribution in [0.25, 0.3) is 11.1 Å². The third kappa shape index (κ3) is 10.2. The van der Waals surface area contributed by atoms with Gasteiger partial charge in [0, 0.05) is 76.8 Å². The molecule has 0 aliphatic heterocycles. The fraction of sp³-hybridized carbons (Fsp3) is 0.152. The molecule has 0 aliphatic carbocycles. The van der Waals surface area contributed by atoms with Crippen LogP contribution in [-0.2, 0) is 86.2 Å². The van der Waals surface area contributed by atoms with Crippen molar-refractivity contribution in [3.8, 4) is 16.9 Å². The largest absolute Gasteiger partial charge is 0.508 e. The molecule has 0 aromatic heterocycles.